The van der Waals surface area contributed by atoms with Gasteiger partial charge in [-0.25, -0.2) is 0 Å². The molecule has 0 aliphatic carbocycles. The number of methoxy groups -OCH3 is 1. The highest BCUT2D eigenvalue weighted by molar-refractivity contribution is 5.57. The van der Waals surface area contributed by atoms with Crippen LogP contribution in [-0.2, 0) is 4.74 Å². The predicted octanol–water partition coefficient (Wildman–Crippen LogP) is 0.977. The first-order valence-corrected chi connectivity index (χ1v) is 4.68. The summed E-state index contributed by atoms with van der Waals surface area (Å²) < 4.78 is 4.79. The summed E-state index contributed by atoms with van der Waals surface area (Å²) in [4.78, 5) is 0. The van der Waals surface area contributed by atoms with Gasteiger partial charge in [-0.3, -0.25) is 0 Å². The van der Waals surface area contributed by atoms with E-state index in [1.54, 1.807) is 18.2 Å². The summed E-state index contributed by atoms with van der Waals surface area (Å²) in [5.41, 5.74) is 1.30. The van der Waals surface area contributed by atoms with Crippen molar-refractivity contribution in [1.82, 2.24) is 0 Å². The fourth-order valence-electron chi connectivity index (χ4n) is 1.21. The first-order chi connectivity index (χ1) is 7.27. The number of benzene rings is 1. The van der Waals surface area contributed by atoms with Gasteiger partial charge < -0.3 is 15.2 Å². The number of nitriles is 1. The van der Waals surface area contributed by atoms with Crippen molar-refractivity contribution < 1.29 is 9.84 Å². The van der Waals surface area contributed by atoms with Crippen LogP contribution in [-0.4, -0.2) is 31.5 Å². The molecule has 0 aliphatic rings. The van der Waals surface area contributed by atoms with E-state index in [4.69, 9.17) is 10.00 Å². The lowest BCUT2D eigenvalue weighted by molar-refractivity contribution is 0.0727. The van der Waals surface area contributed by atoms with Crippen LogP contribution >= 0.6 is 0 Å². The third-order valence-corrected chi connectivity index (χ3v) is 1.93. The van der Waals surface area contributed by atoms with Gasteiger partial charge >= 0.3 is 0 Å². The highest BCUT2D eigenvalue weighted by Gasteiger charge is 2.04. The largest absolute Gasteiger partial charge is 0.389 e. The number of hydrogen-bond donors (Lipinski definition) is 2. The minimum absolute atomic E-state index is 0.279. The molecule has 0 saturated carbocycles. The molecule has 80 valence electrons. The van der Waals surface area contributed by atoms with E-state index < -0.39 is 6.10 Å². The molecule has 1 aromatic carbocycles. The number of aliphatic hydroxyl groups excluding tert-OH is 1. The molecule has 0 fully saturated rings. The second-order valence-corrected chi connectivity index (χ2v) is 3.15. The summed E-state index contributed by atoms with van der Waals surface area (Å²) in [6.45, 7) is 0.647. The fourth-order valence-corrected chi connectivity index (χ4v) is 1.21. The molecule has 0 aliphatic heterocycles. The van der Waals surface area contributed by atoms with Gasteiger partial charge in [-0.2, -0.15) is 5.26 Å². The van der Waals surface area contributed by atoms with Gasteiger partial charge in [0.15, 0.2) is 0 Å². The normalized spacial score (nSPS) is 11.8. The van der Waals surface area contributed by atoms with Crippen molar-refractivity contribution in [1.29, 1.82) is 5.26 Å². The van der Waals surface area contributed by atoms with E-state index in [0.717, 1.165) is 5.69 Å². The molecule has 0 heterocycles. The van der Waals surface area contributed by atoms with Gasteiger partial charge in [-0.1, -0.05) is 12.1 Å². The Kier molecular flexibility index (Phi) is 4.61. The van der Waals surface area contributed by atoms with Crippen molar-refractivity contribution in [3.63, 3.8) is 0 Å². The van der Waals surface area contributed by atoms with Gasteiger partial charge in [0.05, 0.1) is 24.0 Å². The van der Waals surface area contributed by atoms with Gasteiger partial charge in [-0.05, 0) is 12.1 Å². The maximum atomic E-state index is 9.40. The minimum Gasteiger partial charge on any atom is -0.389 e. The molecule has 0 amide bonds. The molecule has 1 atom stereocenters. The number of rotatable bonds is 5. The highest BCUT2D eigenvalue weighted by Crippen LogP contribution is 2.13. The van der Waals surface area contributed by atoms with E-state index in [0.29, 0.717) is 12.1 Å². The molecule has 4 nitrogen and oxygen atoms in total. The van der Waals surface area contributed by atoms with E-state index in [2.05, 4.69) is 11.4 Å². The zero-order valence-corrected chi connectivity index (χ0v) is 8.60. The molecule has 1 rings (SSSR count). The van der Waals surface area contributed by atoms with Crippen LogP contribution in [0.15, 0.2) is 24.3 Å². The van der Waals surface area contributed by atoms with Gasteiger partial charge in [0.25, 0.3) is 0 Å². The second-order valence-electron chi connectivity index (χ2n) is 3.15. The molecule has 0 radical (unpaired) electrons. The van der Waals surface area contributed by atoms with Gasteiger partial charge in [0.2, 0.25) is 0 Å². The Morgan fingerprint density at radius 1 is 1.53 bits per heavy atom. The summed E-state index contributed by atoms with van der Waals surface area (Å²) >= 11 is 0. The molecule has 0 saturated heterocycles. The van der Waals surface area contributed by atoms with E-state index in [-0.39, 0.29) is 6.61 Å². The standard InChI is InChI=1S/C11H14N2O2/c1-15-8-10(14)7-13-11-5-3-2-4-9(11)6-12/h2-5,10,13-14H,7-8H2,1H3. The Labute approximate surface area is 89.1 Å². The number of hydrogen-bond acceptors (Lipinski definition) is 4. The lowest BCUT2D eigenvalue weighted by Crippen LogP contribution is -2.24. The number of nitrogens with zero attached hydrogens (tertiary/aromatic N) is 1. The van der Waals surface area contributed by atoms with Crippen LogP contribution in [0, 0.1) is 11.3 Å². The van der Waals surface area contributed by atoms with Gasteiger partial charge in [0.1, 0.15) is 6.07 Å². The molecular formula is C11H14N2O2. The average molecular weight is 206 g/mol. The van der Waals surface area contributed by atoms with Crippen LogP contribution in [0.5, 0.6) is 0 Å². The van der Waals surface area contributed by atoms with Crippen molar-refractivity contribution in [2.45, 2.75) is 6.10 Å². The van der Waals surface area contributed by atoms with Crippen molar-refractivity contribution in [2.24, 2.45) is 0 Å². The summed E-state index contributed by atoms with van der Waals surface area (Å²) in [6.07, 6.45) is -0.568. The topological polar surface area (TPSA) is 65.3 Å². The van der Waals surface area contributed by atoms with E-state index in [1.807, 2.05) is 6.07 Å². The van der Waals surface area contributed by atoms with Crippen LogP contribution in [0.3, 0.4) is 0 Å². The molecular weight excluding hydrogens is 192 g/mol. The van der Waals surface area contributed by atoms with Crippen LogP contribution in [0.1, 0.15) is 5.56 Å². The van der Waals surface area contributed by atoms with Crippen LogP contribution in [0.25, 0.3) is 0 Å². The van der Waals surface area contributed by atoms with E-state index in [9.17, 15) is 5.11 Å². The number of para-hydroxylation sites is 1. The van der Waals surface area contributed by atoms with Crippen molar-refractivity contribution >= 4 is 5.69 Å². The molecule has 4 heteroatoms. The molecule has 15 heavy (non-hydrogen) atoms. The Bertz CT molecular complexity index is 347. The molecule has 2 N–H and O–H groups in total. The third-order valence-electron chi connectivity index (χ3n) is 1.93. The molecule has 0 bridgehead atoms. The van der Waals surface area contributed by atoms with Gasteiger partial charge in [-0.15, -0.1) is 0 Å². The zero-order chi connectivity index (χ0) is 11.1. The van der Waals surface area contributed by atoms with E-state index in [1.165, 1.54) is 7.11 Å². The Morgan fingerprint density at radius 3 is 2.93 bits per heavy atom. The number of aliphatic hydroxyl groups is 1. The lowest BCUT2D eigenvalue weighted by Gasteiger charge is -2.12. The fraction of sp³-hybridized carbons (Fsp3) is 0.364. The predicted molar refractivity (Wildman–Crippen MR) is 57.5 cm³/mol. The monoisotopic (exact) mass is 206 g/mol. The summed E-state index contributed by atoms with van der Waals surface area (Å²) in [6, 6.07) is 9.25. The van der Waals surface area contributed by atoms with Crippen molar-refractivity contribution in [3.05, 3.63) is 29.8 Å². The highest BCUT2D eigenvalue weighted by atomic mass is 16.5. The van der Waals surface area contributed by atoms with Crippen LogP contribution in [0.2, 0.25) is 0 Å². The first-order valence-electron chi connectivity index (χ1n) is 4.68. The first kappa shape index (κ1) is 11.5. The summed E-state index contributed by atoms with van der Waals surface area (Å²) in [5, 5.41) is 21.2. The maximum absolute atomic E-state index is 9.40. The van der Waals surface area contributed by atoms with E-state index >= 15 is 0 Å². The van der Waals surface area contributed by atoms with Gasteiger partial charge in [0, 0.05) is 13.7 Å². The quantitative estimate of drug-likeness (QED) is 0.753. The summed E-state index contributed by atoms with van der Waals surface area (Å²) in [5.74, 6) is 0. The molecule has 1 aromatic rings. The molecule has 0 aromatic heterocycles. The molecule has 0 spiro atoms. The smallest absolute Gasteiger partial charge is 0.101 e. The van der Waals surface area contributed by atoms with Crippen LogP contribution < -0.4 is 5.32 Å². The third kappa shape index (κ3) is 3.58. The number of ether oxygens (including phenoxy) is 1. The molecule has 1 unspecified atom stereocenters. The number of nitrogens with one attached hydrogen (secondary N) is 1. The second kappa shape index (κ2) is 6.02. The summed E-state index contributed by atoms with van der Waals surface area (Å²) in [7, 11) is 1.53. The lowest BCUT2D eigenvalue weighted by atomic mass is 10.2. The van der Waals surface area contributed by atoms with Crippen molar-refractivity contribution in [2.75, 3.05) is 25.6 Å². The number of anilines is 1. The van der Waals surface area contributed by atoms with Crippen LogP contribution in [0.4, 0.5) is 5.69 Å². The Morgan fingerprint density at radius 2 is 2.27 bits per heavy atom. The van der Waals surface area contributed by atoms with Crippen molar-refractivity contribution in [3.8, 4) is 6.07 Å². The zero-order valence-electron chi connectivity index (χ0n) is 8.60. The Hall–Kier alpha value is -1.57. The average Bonchev–Trinajstić information content (AvgIpc) is 2.27. The Balaban J connectivity index is 2.54. The maximum Gasteiger partial charge on any atom is 0.101 e. The SMILES string of the molecule is COCC(O)CNc1ccccc1C#N. The minimum atomic E-state index is -0.568.